The molecule has 6 nitrogen and oxygen atoms in total. The Hall–Kier alpha value is -3.06. The molecule has 2 aromatic heterocycles. The van der Waals surface area contributed by atoms with Gasteiger partial charge in [-0.15, -0.1) is 0 Å². The van der Waals surface area contributed by atoms with Gasteiger partial charge in [-0.05, 0) is 42.0 Å². The van der Waals surface area contributed by atoms with Gasteiger partial charge in [0.15, 0.2) is 11.6 Å². The number of hydrogen-bond acceptors (Lipinski definition) is 6. The Balaban J connectivity index is 1.46. The average molecular weight is 379 g/mol. The number of rotatable bonds is 5. The van der Waals surface area contributed by atoms with Gasteiger partial charge < -0.3 is 9.64 Å². The van der Waals surface area contributed by atoms with Crippen molar-refractivity contribution in [1.29, 1.82) is 0 Å². The van der Waals surface area contributed by atoms with Gasteiger partial charge in [-0.25, -0.2) is 14.4 Å². The van der Waals surface area contributed by atoms with Gasteiger partial charge in [0.2, 0.25) is 0 Å². The summed E-state index contributed by atoms with van der Waals surface area (Å²) in [4.78, 5) is 16.8. The highest BCUT2D eigenvalue weighted by Gasteiger charge is 2.23. The van der Waals surface area contributed by atoms with E-state index in [-0.39, 0.29) is 5.82 Å². The van der Waals surface area contributed by atoms with Crippen LogP contribution < -0.4 is 9.64 Å². The third kappa shape index (κ3) is 3.94. The summed E-state index contributed by atoms with van der Waals surface area (Å²) < 4.78 is 20.3. The third-order valence-electron chi connectivity index (χ3n) is 4.96. The molecule has 0 aliphatic carbocycles. The van der Waals surface area contributed by atoms with Crippen molar-refractivity contribution in [3.63, 3.8) is 0 Å². The van der Waals surface area contributed by atoms with Gasteiger partial charge in [-0.2, -0.15) is 0 Å². The largest absolute Gasteiger partial charge is 0.497 e. The highest BCUT2D eigenvalue weighted by Crippen LogP contribution is 2.28. The number of benzene rings is 1. The molecule has 0 unspecified atom stereocenters. The molecule has 0 saturated carbocycles. The second kappa shape index (κ2) is 8.31. The van der Waals surface area contributed by atoms with Crippen LogP contribution in [0.5, 0.6) is 5.75 Å². The zero-order valence-corrected chi connectivity index (χ0v) is 15.8. The summed E-state index contributed by atoms with van der Waals surface area (Å²) in [5.74, 6) is 0.711. The van der Waals surface area contributed by atoms with Crippen LogP contribution in [0.1, 0.15) is 5.56 Å². The molecule has 144 valence electrons. The zero-order chi connectivity index (χ0) is 19.3. The number of hydrogen-bond donors (Lipinski definition) is 0. The minimum absolute atomic E-state index is 0.312. The number of halogens is 1. The first-order chi connectivity index (χ1) is 13.7. The molecule has 7 heteroatoms. The number of methoxy groups -OCH3 is 1. The molecule has 0 N–H and O–H groups in total. The molecule has 0 amide bonds. The van der Waals surface area contributed by atoms with E-state index in [0.717, 1.165) is 38.5 Å². The van der Waals surface area contributed by atoms with E-state index in [9.17, 15) is 0 Å². The van der Waals surface area contributed by atoms with Crippen LogP contribution in [0.15, 0.2) is 55.1 Å². The number of aromatic nitrogens is 3. The molecule has 1 fully saturated rings. The molecule has 0 atom stereocenters. The molecule has 1 saturated heterocycles. The Labute approximate surface area is 163 Å². The molecule has 1 aliphatic rings. The number of anilines is 1. The minimum Gasteiger partial charge on any atom is -0.497 e. The fraction of sp³-hybridized carbons (Fsp3) is 0.286. The lowest BCUT2D eigenvalue weighted by molar-refractivity contribution is 0.248. The molecule has 0 bridgehead atoms. The van der Waals surface area contributed by atoms with Crippen LogP contribution in [0, 0.1) is 5.82 Å². The Morgan fingerprint density at radius 2 is 1.68 bits per heavy atom. The van der Waals surface area contributed by atoms with E-state index in [1.54, 1.807) is 31.4 Å². The lowest BCUT2D eigenvalue weighted by Crippen LogP contribution is -2.46. The summed E-state index contributed by atoms with van der Waals surface area (Å²) in [6.07, 6.45) is 5.05. The van der Waals surface area contributed by atoms with Crippen molar-refractivity contribution in [3.8, 4) is 17.0 Å². The van der Waals surface area contributed by atoms with E-state index in [2.05, 4.69) is 19.9 Å². The van der Waals surface area contributed by atoms with Crippen LogP contribution in [0.4, 0.5) is 10.2 Å². The topological polar surface area (TPSA) is 54.4 Å². The van der Waals surface area contributed by atoms with E-state index in [0.29, 0.717) is 17.1 Å². The van der Waals surface area contributed by atoms with Crippen LogP contribution in [-0.2, 0) is 6.54 Å². The molecule has 28 heavy (non-hydrogen) atoms. The van der Waals surface area contributed by atoms with Crippen molar-refractivity contribution in [3.05, 3.63) is 66.5 Å². The summed E-state index contributed by atoms with van der Waals surface area (Å²) in [6.45, 7) is 4.02. The maximum atomic E-state index is 15.2. The normalized spacial score (nSPS) is 14.9. The van der Waals surface area contributed by atoms with Crippen molar-refractivity contribution in [2.45, 2.75) is 6.54 Å². The number of ether oxygens (including phenoxy) is 1. The van der Waals surface area contributed by atoms with Gasteiger partial charge in [0.25, 0.3) is 0 Å². The van der Waals surface area contributed by atoms with Crippen molar-refractivity contribution in [2.24, 2.45) is 0 Å². The third-order valence-corrected chi connectivity index (χ3v) is 4.96. The fourth-order valence-corrected chi connectivity index (χ4v) is 3.40. The van der Waals surface area contributed by atoms with Crippen LogP contribution in [-0.4, -0.2) is 53.1 Å². The summed E-state index contributed by atoms with van der Waals surface area (Å²) in [6, 6.07) is 11.3. The van der Waals surface area contributed by atoms with Gasteiger partial charge in [0.1, 0.15) is 17.8 Å². The van der Waals surface area contributed by atoms with E-state index < -0.39 is 0 Å². The minimum atomic E-state index is -0.379. The second-order valence-electron chi connectivity index (χ2n) is 6.71. The van der Waals surface area contributed by atoms with E-state index >= 15 is 4.39 Å². The van der Waals surface area contributed by atoms with Gasteiger partial charge in [0, 0.05) is 50.7 Å². The maximum Gasteiger partial charge on any atom is 0.191 e. The van der Waals surface area contributed by atoms with Crippen LogP contribution in [0.25, 0.3) is 11.3 Å². The highest BCUT2D eigenvalue weighted by molar-refractivity contribution is 5.64. The van der Waals surface area contributed by atoms with Crippen molar-refractivity contribution < 1.29 is 9.13 Å². The van der Waals surface area contributed by atoms with E-state index in [4.69, 9.17) is 4.74 Å². The van der Waals surface area contributed by atoms with E-state index in [1.165, 1.54) is 11.9 Å². The van der Waals surface area contributed by atoms with E-state index in [1.807, 2.05) is 29.4 Å². The zero-order valence-electron chi connectivity index (χ0n) is 15.8. The summed E-state index contributed by atoms with van der Waals surface area (Å²) in [5, 5.41) is 0. The molecule has 1 aliphatic heterocycles. The summed E-state index contributed by atoms with van der Waals surface area (Å²) >= 11 is 0. The molecule has 0 radical (unpaired) electrons. The van der Waals surface area contributed by atoms with Crippen molar-refractivity contribution in [1.82, 2.24) is 19.9 Å². The number of pyridine rings is 1. The molecule has 0 spiro atoms. The van der Waals surface area contributed by atoms with Gasteiger partial charge in [0.05, 0.1) is 7.11 Å². The number of piperazine rings is 1. The monoisotopic (exact) mass is 379 g/mol. The molecular weight excluding hydrogens is 357 g/mol. The van der Waals surface area contributed by atoms with Crippen LogP contribution in [0.3, 0.4) is 0 Å². The van der Waals surface area contributed by atoms with Crippen molar-refractivity contribution in [2.75, 3.05) is 38.2 Å². The Bertz CT molecular complexity index is 912. The lowest BCUT2D eigenvalue weighted by Gasteiger charge is -2.35. The summed E-state index contributed by atoms with van der Waals surface area (Å²) in [5.41, 5.74) is 2.25. The Kier molecular flexibility index (Phi) is 5.43. The standard InChI is InChI=1S/C21H22FN5O/c1-28-18-4-2-17(3-5-18)20-19(22)21(25-15-24-20)27-12-10-26(11-13-27)14-16-6-8-23-9-7-16/h2-9,15H,10-14H2,1H3. The predicted octanol–water partition coefficient (Wildman–Crippen LogP) is 3.01. The fourth-order valence-electron chi connectivity index (χ4n) is 3.40. The second-order valence-corrected chi connectivity index (χ2v) is 6.71. The Morgan fingerprint density at radius 1 is 0.964 bits per heavy atom. The molecule has 3 aromatic rings. The van der Waals surface area contributed by atoms with Crippen LogP contribution in [0.2, 0.25) is 0 Å². The maximum absolute atomic E-state index is 15.2. The summed E-state index contributed by atoms with van der Waals surface area (Å²) in [7, 11) is 1.60. The lowest BCUT2D eigenvalue weighted by atomic mass is 10.1. The van der Waals surface area contributed by atoms with Gasteiger partial charge >= 0.3 is 0 Å². The molecule has 4 rings (SSSR count). The number of nitrogens with zero attached hydrogens (tertiary/aromatic N) is 5. The molecular formula is C21H22FN5O. The molecule has 1 aromatic carbocycles. The highest BCUT2D eigenvalue weighted by atomic mass is 19.1. The van der Waals surface area contributed by atoms with Gasteiger partial charge in [-0.1, -0.05) is 0 Å². The SMILES string of the molecule is COc1ccc(-c2ncnc(N3CCN(Cc4ccncc4)CC3)c2F)cc1. The average Bonchev–Trinajstić information content (AvgIpc) is 2.75. The van der Waals surface area contributed by atoms with Gasteiger partial charge in [-0.3, -0.25) is 9.88 Å². The van der Waals surface area contributed by atoms with Crippen molar-refractivity contribution >= 4 is 5.82 Å². The predicted molar refractivity (Wildman–Crippen MR) is 106 cm³/mol. The smallest absolute Gasteiger partial charge is 0.191 e. The van der Waals surface area contributed by atoms with Crippen LogP contribution >= 0.6 is 0 Å². The first-order valence-corrected chi connectivity index (χ1v) is 9.26. The first-order valence-electron chi connectivity index (χ1n) is 9.26. The quantitative estimate of drug-likeness (QED) is 0.679. The Morgan fingerprint density at radius 3 is 2.36 bits per heavy atom. The first kappa shape index (κ1) is 18.3. The molecule has 3 heterocycles.